The molecule has 1 fully saturated rings. The van der Waals surface area contributed by atoms with E-state index in [1.807, 2.05) is 18.2 Å². The summed E-state index contributed by atoms with van der Waals surface area (Å²) in [6, 6.07) is 12.3. The number of hydrogen-bond acceptors (Lipinski definition) is 5. The second-order valence-electron chi connectivity index (χ2n) is 5.29. The number of hydrogen-bond donors (Lipinski definition) is 1. The summed E-state index contributed by atoms with van der Waals surface area (Å²) in [5.41, 5.74) is 7.80. The average molecular weight is 277 g/mol. The van der Waals surface area contributed by atoms with E-state index in [1.165, 1.54) is 0 Å². The second-order valence-corrected chi connectivity index (χ2v) is 5.29. The first-order valence-electron chi connectivity index (χ1n) is 6.98. The van der Waals surface area contributed by atoms with E-state index in [2.05, 4.69) is 33.1 Å². The van der Waals surface area contributed by atoms with Crippen LogP contribution in [0.25, 0.3) is 10.9 Å². The number of anilines is 2. The number of aromatic nitrogens is 3. The molecule has 21 heavy (non-hydrogen) atoms. The van der Waals surface area contributed by atoms with Crippen molar-refractivity contribution in [3.05, 3.63) is 54.5 Å². The molecule has 3 heterocycles. The molecule has 0 amide bonds. The maximum Gasteiger partial charge on any atom is 0.145 e. The predicted molar refractivity (Wildman–Crippen MR) is 83.1 cm³/mol. The Hall–Kier alpha value is -2.69. The molecule has 4 rings (SSSR count). The molecular formula is C16H15N5. The van der Waals surface area contributed by atoms with Crippen LogP contribution in [0, 0.1) is 0 Å². The fourth-order valence-corrected chi connectivity index (χ4v) is 2.74. The van der Waals surface area contributed by atoms with Crippen molar-refractivity contribution in [3.8, 4) is 0 Å². The molecule has 0 radical (unpaired) electrons. The van der Waals surface area contributed by atoms with Crippen molar-refractivity contribution >= 4 is 22.5 Å². The lowest BCUT2D eigenvalue weighted by Gasteiger charge is -2.40. The van der Waals surface area contributed by atoms with E-state index in [9.17, 15) is 0 Å². The molecule has 0 aliphatic carbocycles. The number of rotatable bonds is 2. The zero-order chi connectivity index (χ0) is 14.2. The number of benzene rings is 1. The average Bonchev–Trinajstić information content (AvgIpc) is 2.47. The van der Waals surface area contributed by atoms with E-state index in [1.54, 1.807) is 12.4 Å². The Labute approximate surface area is 122 Å². The quantitative estimate of drug-likeness (QED) is 0.778. The van der Waals surface area contributed by atoms with Crippen LogP contribution < -0.4 is 10.6 Å². The van der Waals surface area contributed by atoms with Gasteiger partial charge in [0.2, 0.25) is 0 Å². The van der Waals surface area contributed by atoms with Crippen LogP contribution in [0.15, 0.2) is 48.8 Å². The predicted octanol–water partition coefficient (Wildman–Crippen LogP) is 2.21. The van der Waals surface area contributed by atoms with Gasteiger partial charge in [0.1, 0.15) is 11.6 Å². The summed E-state index contributed by atoms with van der Waals surface area (Å²) in [6.45, 7) is 1.77. The van der Waals surface area contributed by atoms with E-state index in [0.717, 1.165) is 35.5 Å². The number of para-hydroxylation sites is 1. The highest BCUT2D eigenvalue weighted by atomic mass is 15.2. The molecule has 1 aromatic carbocycles. The maximum atomic E-state index is 5.88. The second kappa shape index (κ2) is 4.70. The van der Waals surface area contributed by atoms with Gasteiger partial charge in [-0.05, 0) is 18.2 Å². The topological polar surface area (TPSA) is 67.9 Å². The molecule has 104 valence electrons. The molecule has 1 saturated heterocycles. The Balaban J connectivity index is 1.55. The summed E-state index contributed by atoms with van der Waals surface area (Å²) >= 11 is 0. The van der Waals surface area contributed by atoms with Gasteiger partial charge in [-0.2, -0.15) is 0 Å². The summed E-state index contributed by atoms with van der Waals surface area (Å²) in [6.07, 6.45) is 3.32. The van der Waals surface area contributed by atoms with Crippen LogP contribution in [0.5, 0.6) is 0 Å². The molecule has 0 atom stereocenters. The van der Waals surface area contributed by atoms with Crippen LogP contribution in [0.2, 0.25) is 0 Å². The summed E-state index contributed by atoms with van der Waals surface area (Å²) in [5, 5.41) is 1.16. The van der Waals surface area contributed by atoms with Gasteiger partial charge in [-0.1, -0.05) is 18.2 Å². The molecule has 1 aliphatic rings. The van der Waals surface area contributed by atoms with Crippen molar-refractivity contribution in [2.75, 3.05) is 23.7 Å². The van der Waals surface area contributed by atoms with Gasteiger partial charge in [-0.3, -0.25) is 4.98 Å². The molecule has 2 aromatic heterocycles. The molecule has 0 bridgehead atoms. The molecule has 0 spiro atoms. The molecule has 0 saturated carbocycles. The smallest absolute Gasteiger partial charge is 0.145 e. The molecule has 0 unspecified atom stereocenters. The van der Waals surface area contributed by atoms with E-state index in [4.69, 9.17) is 10.7 Å². The molecule has 1 aliphatic heterocycles. The maximum absolute atomic E-state index is 5.88. The van der Waals surface area contributed by atoms with E-state index < -0.39 is 0 Å². The minimum absolute atomic E-state index is 0.340. The Morgan fingerprint density at radius 2 is 1.81 bits per heavy atom. The molecule has 2 N–H and O–H groups in total. The first-order chi connectivity index (χ1) is 10.3. The van der Waals surface area contributed by atoms with Gasteiger partial charge in [0.25, 0.3) is 0 Å². The minimum atomic E-state index is 0.340. The zero-order valence-corrected chi connectivity index (χ0v) is 11.5. The highest BCUT2D eigenvalue weighted by molar-refractivity contribution is 5.80. The van der Waals surface area contributed by atoms with E-state index in [0.29, 0.717) is 11.7 Å². The van der Waals surface area contributed by atoms with Crippen molar-refractivity contribution in [2.45, 2.75) is 5.92 Å². The monoisotopic (exact) mass is 277 g/mol. The van der Waals surface area contributed by atoms with Crippen LogP contribution in [0.1, 0.15) is 11.6 Å². The van der Waals surface area contributed by atoms with Crippen molar-refractivity contribution in [2.24, 2.45) is 0 Å². The molecule has 5 heteroatoms. The van der Waals surface area contributed by atoms with Crippen LogP contribution in [-0.2, 0) is 0 Å². The lowest BCUT2D eigenvalue weighted by atomic mass is 9.96. The van der Waals surface area contributed by atoms with Gasteiger partial charge < -0.3 is 10.6 Å². The molecule has 5 nitrogen and oxygen atoms in total. The number of pyridine rings is 1. The Kier molecular flexibility index (Phi) is 2.70. The number of fused-ring (bicyclic) bond motifs is 1. The first-order valence-corrected chi connectivity index (χ1v) is 6.98. The Morgan fingerprint density at radius 3 is 2.67 bits per heavy atom. The number of nitrogens with two attached hydrogens (primary N) is 1. The van der Waals surface area contributed by atoms with E-state index >= 15 is 0 Å². The van der Waals surface area contributed by atoms with Gasteiger partial charge >= 0.3 is 0 Å². The minimum Gasteiger partial charge on any atom is -0.382 e. The van der Waals surface area contributed by atoms with Gasteiger partial charge in [0.15, 0.2) is 0 Å². The van der Waals surface area contributed by atoms with Crippen LogP contribution in [0.4, 0.5) is 11.6 Å². The van der Waals surface area contributed by atoms with Gasteiger partial charge in [-0.15, -0.1) is 0 Å². The van der Waals surface area contributed by atoms with Gasteiger partial charge in [0.05, 0.1) is 11.2 Å². The summed E-state index contributed by atoms with van der Waals surface area (Å²) in [5.74, 6) is 1.88. The lowest BCUT2D eigenvalue weighted by Crippen LogP contribution is -2.46. The number of nitrogens with zero attached hydrogens (tertiary/aromatic N) is 4. The molecule has 3 aromatic rings. The van der Waals surface area contributed by atoms with Gasteiger partial charge in [-0.25, -0.2) is 9.97 Å². The Morgan fingerprint density at radius 1 is 1.00 bits per heavy atom. The van der Waals surface area contributed by atoms with Crippen LogP contribution in [-0.4, -0.2) is 28.0 Å². The zero-order valence-electron chi connectivity index (χ0n) is 11.5. The lowest BCUT2D eigenvalue weighted by molar-refractivity contribution is 0.510. The summed E-state index contributed by atoms with van der Waals surface area (Å²) in [4.78, 5) is 15.4. The van der Waals surface area contributed by atoms with Crippen molar-refractivity contribution in [1.82, 2.24) is 15.0 Å². The van der Waals surface area contributed by atoms with Gasteiger partial charge in [0, 0.05) is 36.8 Å². The third-order valence-corrected chi connectivity index (χ3v) is 3.93. The standard InChI is InChI=1S/C16H15N5/c17-16-15(18-7-8-19-16)12-9-21(10-12)14-6-5-11-3-1-2-4-13(11)20-14/h1-8,12H,9-10H2,(H2,17,19). The van der Waals surface area contributed by atoms with Crippen molar-refractivity contribution in [3.63, 3.8) is 0 Å². The highest BCUT2D eigenvalue weighted by Crippen LogP contribution is 2.32. The Bertz CT molecular complexity index is 795. The van der Waals surface area contributed by atoms with Crippen LogP contribution in [0.3, 0.4) is 0 Å². The largest absolute Gasteiger partial charge is 0.382 e. The fraction of sp³-hybridized carbons (Fsp3) is 0.188. The first kappa shape index (κ1) is 12.1. The highest BCUT2D eigenvalue weighted by Gasteiger charge is 2.31. The summed E-state index contributed by atoms with van der Waals surface area (Å²) < 4.78 is 0. The SMILES string of the molecule is Nc1nccnc1C1CN(c2ccc3ccccc3n2)C1. The number of nitrogen functional groups attached to an aromatic ring is 1. The third-order valence-electron chi connectivity index (χ3n) is 3.93. The third kappa shape index (κ3) is 2.07. The fourth-order valence-electron chi connectivity index (χ4n) is 2.74. The van der Waals surface area contributed by atoms with Crippen molar-refractivity contribution < 1.29 is 0 Å². The van der Waals surface area contributed by atoms with Crippen molar-refractivity contribution in [1.29, 1.82) is 0 Å². The molecular weight excluding hydrogens is 262 g/mol. The normalized spacial score (nSPS) is 15.1. The van der Waals surface area contributed by atoms with E-state index in [-0.39, 0.29) is 0 Å². The summed E-state index contributed by atoms with van der Waals surface area (Å²) in [7, 11) is 0. The van der Waals surface area contributed by atoms with Crippen LogP contribution >= 0.6 is 0 Å².